The third kappa shape index (κ3) is 2.62. The Kier molecular flexibility index (Phi) is 3.86. The Morgan fingerprint density at radius 3 is 2.64 bits per heavy atom. The van der Waals surface area contributed by atoms with Crippen LogP contribution in [0.2, 0.25) is 0 Å². The van der Waals surface area contributed by atoms with E-state index in [0.717, 1.165) is 22.7 Å². The first-order valence-electron chi connectivity index (χ1n) is 8.01. The SMILES string of the molecule is COc1ccccc1-c1cn2ccc(C3(OC)[CH]C=CC=C3)nc2n1. The molecule has 3 aromatic rings. The second-order valence-corrected chi connectivity index (χ2v) is 5.75. The van der Waals surface area contributed by atoms with E-state index >= 15 is 0 Å². The van der Waals surface area contributed by atoms with E-state index in [0.29, 0.717) is 5.78 Å². The molecule has 2 aromatic heterocycles. The molecule has 1 aliphatic rings. The molecule has 0 saturated carbocycles. The molecule has 1 unspecified atom stereocenters. The molecule has 1 radical (unpaired) electrons. The summed E-state index contributed by atoms with van der Waals surface area (Å²) in [5.41, 5.74) is 1.88. The molecule has 0 fully saturated rings. The fraction of sp³-hybridized carbons (Fsp3) is 0.150. The van der Waals surface area contributed by atoms with Crippen molar-refractivity contribution in [2.24, 2.45) is 0 Å². The smallest absolute Gasteiger partial charge is 0.234 e. The topological polar surface area (TPSA) is 48.7 Å². The van der Waals surface area contributed by atoms with Crippen molar-refractivity contribution in [3.63, 3.8) is 0 Å². The van der Waals surface area contributed by atoms with Crippen molar-refractivity contribution in [2.75, 3.05) is 14.2 Å². The van der Waals surface area contributed by atoms with Crippen molar-refractivity contribution in [3.8, 4) is 17.0 Å². The highest BCUT2D eigenvalue weighted by atomic mass is 16.5. The zero-order valence-electron chi connectivity index (χ0n) is 14.1. The van der Waals surface area contributed by atoms with Gasteiger partial charge in [0.05, 0.1) is 18.5 Å². The van der Waals surface area contributed by atoms with Crippen LogP contribution >= 0.6 is 0 Å². The van der Waals surface area contributed by atoms with Gasteiger partial charge in [0.2, 0.25) is 5.78 Å². The summed E-state index contributed by atoms with van der Waals surface area (Å²) in [6, 6.07) is 9.77. The maximum absolute atomic E-state index is 5.73. The number of hydrogen-bond donors (Lipinski definition) is 0. The van der Waals surface area contributed by atoms with Crippen molar-refractivity contribution in [2.45, 2.75) is 5.60 Å². The molecule has 125 valence electrons. The Balaban J connectivity index is 1.80. The maximum Gasteiger partial charge on any atom is 0.234 e. The van der Waals surface area contributed by atoms with Gasteiger partial charge in [-0.15, -0.1) is 0 Å². The van der Waals surface area contributed by atoms with E-state index in [9.17, 15) is 0 Å². The number of benzene rings is 1. The molecule has 1 aliphatic carbocycles. The van der Waals surface area contributed by atoms with Gasteiger partial charge < -0.3 is 9.47 Å². The third-order valence-corrected chi connectivity index (χ3v) is 4.36. The Morgan fingerprint density at radius 2 is 1.88 bits per heavy atom. The van der Waals surface area contributed by atoms with Crippen LogP contribution in [-0.2, 0) is 10.3 Å². The van der Waals surface area contributed by atoms with E-state index in [1.54, 1.807) is 14.2 Å². The Hall–Kier alpha value is -2.92. The lowest BCUT2D eigenvalue weighted by Gasteiger charge is -2.28. The second-order valence-electron chi connectivity index (χ2n) is 5.75. The van der Waals surface area contributed by atoms with E-state index < -0.39 is 5.60 Å². The average molecular weight is 332 g/mol. The molecule has 0 saturated heterocycles. The molecular formula is C20H18N3O2. The van der Waals surface area contributed by atoms with Crippen molar-refractivity contribution >= 4 is 5.78 Å². The molecule has 0 amide bonds. The summed E-state index contributed by atoms with van der Waals surface area (Å²) in [4.78, 5) is 9.39. The molecule has 25 heavy (non-hydrogen) atoms. The summed E-state index contributed by atoms with van der Waals surface area (Å²) in [5, 5.41) is 0. The zero-order chi connectivity index (χ0) is 17.3. The fourth-order valence-electron chi connectivity index (χ4n) is 3.00. The van der Waals surface area contributed by atoms with Crippen LogP contribution in [0.25, 0.3) is 17.0 Å². The summed E-state index contributed by atoms with van der Waals surface area (Å²) >= 11 is 0. The van der Waals surface area contributed by atoms with E-state index in [1.807, 2.05) is 77.9 Å². The van der Waals surface area contributed by atoms with Crippen molar-refractivity contribution in [3.05, 3.63) is 79.1 Å². The first-order valence-corrected chi connectivity index (χ1v) is 8.01. The van der Waals surface area contributed by atoms with Crippen LogP contribution in [-0.4, -0.2) is 28.6 Å². The number of rotatable bonds is 4. The number of nitrogens with zero attached hydrogens (tertiary/aromatic N) is 3. The number of fused-ring (bicyclic) bond motifs is 1. The Labute approximate surface area is 146 Å². The minimum atomic E-state index is -0.660. The quantitative estimate of drug-likeness (QED) is 0.733. The Bertz CT molecular complexity index is 974. The van der Waals surface area contributed by atoms with Gasteiger partial charge in [0.15, 0.2) is 0 Å². The second kappa shape index (κ2) is 6.18. The largest absolute Gasteiger partial charge is 0.496 e. The van der Waals surface area contributed by atoms with Crippen LogP contribution in [0.3, 0.4) is 0 Å². The summed E-state index contributed by atoms with van der Waals surface area (Å²) < 4.78 is 13.1. The molecule has 1 atom stereocenters. The average Bonchev–Trinajstić information content (AvgIpc) is 3.11. The summed E-state index contributed by atoms with van der Waals surface area (Å²) in [5.74, 6) is 1.40. The Morgan fingerprint density at radius 1 is 1.00 bits per heavy atom. The van der Waals surface area contributed by atoms with Gasteiger partial charge in [-0.05, 0) is 24.3 Å². The van der Waals surface area contributed by atoms with Gasteiger partial charge in [-0.3, -0.25) is 4.40 Å². The molecular weight excluding hydrogens is 314 g/mol. The lowest BCUT2D eigenvalue weighted by Crippen LogP contribution is -2.28. The molecule has 0 aliphatic heterocycles. The maximum atomic E-state index is 5.73. The molecule has 4 rings (SSSR count). The number of hydrogen-bond acceptors (Lipinski definition) is 4. The predicted octanol–water partition coefficient (Wildman–Crippen LogP) is 3.58. The van der Waals surface area contributed by atoms with Crippen LogP contribution in [0.4, 0.5) is 0 Å². The first-order chi connectivity index (χ1) is 12.3. The van der Waals surface area contributed by atoms with Crippen LogP contribution in [0.5, 0.6) is 5.75 Å². The predicted molar refractivity (Wildman–Crippen MR) is 96.2 cm³/mol. The monoisotopic (exact) mass is 332 g/mol. The van der Waals surface area contributed by atoms with Crippen LogP contribution in [0.1, 0.15) is 5.69 Å². The minimum absolute atomic E-state index is 0.617. The number of para-hydroxylation sites is 1. The van der Waals surface area contributed by atoms with Gasteiger partial charge in [-0.1, -0.05) is 30.4 Å². The summed E-state index contributed by atoms with van der Waals surface area (Å²) in [6.45, 7) is 0. The van der Waals surface area contributed by atoms with Crippen molar-refractivity contribution in [1.82, 2.24) is 14.4 Å². The van der Waals surface area contributed by atoms with Gasteiger partial charge in [-0.2, -0.15) is 0 Å². The molecule has 0 spiro atoms. The van der Waals surface area contributed by atoms with Crippen molar-refractivity contribution in [1.29, 1.82) is 0 Å². The van der Waals surface area contributed by atoms with Gasteiger partial charge >= 0.3 is 0 Å². The van der Waals surface area contributed by atoms with Gasteiger partial charge in [-0.25, -0.2) is 9.97 Å². The van der Waals surface area contributed by atoms with Crippen molar-refractivity contribution < 1.29 is 9.47 Å². The minimum Gasteiger partial charge on any atom is -0.496 e. The summed E-state index contributed by atoms with van der Waals surface area (Å²) in [6.07, 6.45) is 13.7. The van der Waals surface area contributed by atoms with Gasteiger partial charge in [0.1, 0.15) is 11.4 Å². The van der Waals surface area contributed by atoms with E-state index in [1.165, 1.54) is 0 Å². The lowest BCUT2D eigenvalue weighted by molar-refractivity contribution is 0.0573. The van der Waals surface area contributed by atoms with Gasteiger partial charge in [0, 0.05) is 31.5 Å². The van der Waals surface area contributed by atoms with E-state index in [4.69, 9.17) is 14.5 Å². The number of allylic oxidation sites excluding steroid dienone is 2. The lowest BCUT2D eigenvalue weighted by atomic mass is 9.91. The summed E-state index contributed by atoms with van der Waals surface area (Å²) in [7, 11) is 3.34. The van der Waals surface area contributed by atoms with Crippen LogP contribution < -0.4 is 4.74 Å². The first kappa shape index (κ1) is 15.6. The van der Waals surface area contributed by atoms with E-state index in [-0.39, 0.29) is 0 Å². The molecule has 2 heterocycles. The highest BCUT2D eigenvalue weighted by Crippen LogP contribution is 2.32. The number of aromatic nitrogens is 3. The fourth-order valence-corrected chi connectivity index (χ4v) is 3.00. The molecule has 5 nitrogen and oxygen atoms in total. The molecule has 1 aromatic carbocycles. The number of ether oxygens (including phenoxy) is 2. The highest BCUT2D eigenvalue weighted by Gasteiger charge is 2.31. The highest BCUT2D eigenvalue weighted by molar-refractivity contribution is 5.68. The molecule has 0 N–H and O–H groups in total. The van der Waals surface area contributed by atoms with Crippen LogP contribution in [0.15, 0.2) is 67.0 Å². The number of methoxy groups -OCH3 is 2. The zero-order valence-corrected chi connectivity index (χ0v) is 14.1. The molecule has 0 bridgehead atoms. The van der Waals surface area contributed by atoms with E-state index in [2.05, 4.69) is 4.98 Å². The third-order valence-electron chi connectivity index (χ3n) is 4.36. The normalized spacial score (nSPS) is 19.4. The molecule has 5 heteroatoms. The van der Waals surface area contributed by atoms with Crippen LogP contribution in [0, 0.1) is 6.42 Å². The number of imidazole rings is 1. The standard InChI is InChI=1S/C20H18N3O2/c1-24-17-9-5-4-8-15(17)16-14-23-13-10-18(22-19(23)21-16)20(25-2)11-6-3-7-12-20/h3-14H,1-2H3. The van der Waals surface area contributed by atoms with Gasteiger partial charge in [0.25, 0.3) is 0 Å².